The van der Waals surface area contributed by atoms with E-state index in [0.717, 1.165) is 30.4 Å². The van der Waals surface area contributed by atoms with Crippen LogP contribution in [0.2, 0.25) is 0 Å². The molecule has 2 N–H and O–H groups in total. The fourth-order valence-electron chi connectivity index (χ4n) is 4.11. The lowest BCUT2D eigenvalue weighted by Gasteiger charge is -2.36. The Morgan fingerprint density at radius 2 is 1.68 bits per heavy atom. The molecule has 0 saturated carbocycles. The molecule has 1 aromatic carbocycles. The van der Waals surface area contributed by atoms with E-state index < -0.39 is 35.7 Å². The Morgan fingerprint density at radius 3 is 2.21 bits per heavy atom. The average molecular weight is 534 g/mol. The molecule has 0 radical (unpaired) electrons. The molecule has 2 unspecified atom stereocenters. The SMILES string of the molecule is CCCCCCN(C(=O)C(NC(=O)OC(C)(C)C)C(C)C)C(C(=O)NCC(=O)OC)c1ccc(C)cc1C. The molecule has 38 heavy (non-hydrogen) atoms. The highest BCUT2D eigenvalue weighted by molar-refractivity contribution is 5.93. The van der Waals surface area contributed by atoms with Crippen molar-refractivity contribution in [3.8, 4) is 0 Å². The zero-order valence-electron chi connectivity index (χ0n) is 24.6. The fourth-order valence-corrected chi connectivity index (χ4v) is 4.11. The number of benzene rings is 1. The number of hydrogen-bond acceptors (Lipinski definition) is 6. The highest BCUT2D eigenvalue weighted by atomic mass is 16.6. The van der Waals surface area contributed by atoms with Gasteiger partial charge in [0.1, 0.15) is 24.2 Å². The molecular formula is C29H47N3O6. The molecule has 1 rings (SSSR count). The summed E-state index contributed by atoms with van der Waals surface area (Å²) >= 11 is 0. The molecule has 2 atom stereocenters. The van der Waals surface area contributed by atoms with Crippen LogP contribution in [0, 0.1) is 19.8 Å². The number of carbonyl (C=O) groups excluding carboxylic acids is 4. The van der Waals surface area contributed by atoms with Gasteiger partial charge in [-0.05, 0) is 58.1 Å². The molecular weight excluding hydrogens is 486 g/mol. The molecule has 0 saturated heterocycles. The number of ether oxygens (including phenoxy) is 2. The second kappa shape index (κ2) is 15.3. The van der Waals surface area contributed by atoms with E-state index in [4.69, 9.17) is 4.74 Å². The van der Waals surface area contributed by atoms with Crippen molar-refractivity contribution < 1.29 is 28.7 Å². The largest absolute Gasteiger partial charge is 0.468 e. The van der Waals surface area contributed by atoms with Gasteiger partial charge in [-0.15, -0.1) is 0 Å². The van der Waals surface area contributed by atoms with E-state index in [9.17, 15) is 19.2 Å². The maximum Gasteiger partial charge on any atom is 0.408 e. The van der Waals surface area contributed by atoms with E-state index in [2.05, 4.69) is 22.3 Å². The lowest BCUT2D eigenvalue weighted by Crippen LogP contribution is -2.55. The molecule has 0 aromatic heterocycles. The quantitative estimate of drug-likeness (QED) is 0.283. The van der Waals surface area contributed by atoms with Crippen molar-refractivity contribution in [3.05, 3.63) is 34.9 Å². The first-order valence-corrected chi connectivity index (χ1v) is 13.4. The topological polar surface area (TPSA) is 114 Å². The summed E-state index contributed by atoms with van der Waals surface area (Å²) in [4.78, 5) is 53.7. The normalized spacial score (nSPS) is 12.9. The number of nitrogens with zero attached hydrogens (tertiary/aromatic N) is 1. The molecule has 0 heterocycles. The summed E-state index contributed by atoms with van der Waals surface area (Å²) in [5, 5.41) is 5.36. The van der Waals surface area contributed by atoms with Gasteiger partial charge in [0.05, 0.1) is 7.11 Å². The molecule has 0 aliphatic heterocycles. The van der Waals surface area contributed by atoms with Crippen LogP contribution in [0.4, 0.5) is 4.79 Å². The maximum absolute atomic E-state index is 14.1. The van der Waals surface area contributed by atoms with Crippen LogP contribution in [0.3, 0.4) is 0 Å². The van der Waals surface area contributed by atoms with Crippen molar-refractivity contribution in [2.75, 3.05) is 20.2 Å². The summed E-state index contributed by atoms with van der Waals surface area (Å²) in [6.07, 6.45) is 2.88. The van der Waals surface area contributed by atoms with Crippen molar-refractivity contribution in [1.29, 1.82) is 0 Å². The van der Waals surface area contributed by atoms with Crippen molar-refractivity contribution in [3.63, 3.8) is 0 Å². The number of aryl methyl sites for hydroxylation is 2. The summed E-state index contributed by atoms with van der Waals surface area (Å²) in [6, 6.07) is 3.76. The van der Waals surface area contributed by atoms with Gasteiger partial charge in [0.15, 0.2) is 0 Å². The van der Waals surface area contributed by atoms with Gasteiger partial charge in [-0.2, -0.15) is 0 Å². The predicted octanol–water partition coefficient (Wildman–Crippen LogP) is 4.59. The van der Waals surface area contributed by atoms with Gasteiger partial charge in [-0.25, -0.2) is 4.79 Å². The van der Waals surface area contributed by atoms with Gasteiger partial charge in [-0.1, -0.05) is 63.8 Å². The first kappa shape index (κ1) is 32.9. The van der Waals surface area contributed by atoms with Crippen LogP contribution >= 0.6 is 0 Å². The lowest BCUT2D eigenvalue weighted by molar-refractivity contribution is -0.145. The number of nitrogens with one attached hydrogen (secondary N) is 2. The van der Waals surface area contributed by atoms with Gasteiger partial charge in [0.25, 0.3) is 0 Å². The Labute approximate surface area is 228 Å². The fraction of sp³-hybridized carbons (Fsp3) is 0.655. The van der Waals surface area contributed by atoms with Crippen molar-refractivity contribution in [2.24, 2.45) is 5.92 Å². The molecule has 0 fully saturated rings. The first-order chi connectivity index (χ1) is 17.7. The van der Waals surface area contributed by atoms with Gasteiger partial charge < -0.3 is 25.0 Å². The van der Waals surface area contributed by atoms with Crippen molar-refractivity contribution in [1.82, 2.24) is 15.5 Å². The van der Waals surface area contributed by atoms with Crippen LogP contribution in [0.5, 0.6) is 0 Å². The molecule has 9 heteroatoms. The third kappa shape index (κ3) is 10.7. The number of esters is 1. The Morgan fingerprint density at radius 1 is 1.03 bits per heavy atom. The van der Waals surface area contributed by atoms with Gasteiger partial charge in [0.2, 0.25) is 11.8 Å². The van der Waals surface area contributed by atoms with Crippen LogP contribution in [-0.4, -0.2) is 60.6 Å². The number of amides is 3. The van der Waals surface area contributed by atoms with Crippen molar-refractivity contribution >= 4 is 23.9 Å². The van der Waals surface area contributed by atoms with E-state index >= 15 is 0 Å². The van der Waals surface area contributed by atoms with Crippen LogP contribution in [0.15, 0.2) is 18.2 Å². The standard InChI is InChI=1S/C29H47N3O6/c1-10-11-12-13-16-32(27(35)24(19(2)3)31-28(36)38-29(6,7)8)25(26(34)30-18-23(33)37-9)22-15-14-20(4)17-21(22)5/h14-15,17,19,24-25H,10-13,16,18H2,1-9H3,(H,30,34)(H,31,36). The summed E-state index contributed by atoms with van der Waals surface area (Å²) in [5.41, 5.74) is 1.79. The molecule has 3 amide bonds. The van der Waals surface area contributed by atoms with E-state index in [1.54, 1.807) is 20.8 Å². The van der Waals surface area contributed by atoms with E-state index in [0.29, 0.717) is 18.5 Å². The van der Waals surface area contributed by atoms with Crippen LogP contribution in [0.25, 0.3) is 0 Å². The summed E-state index contributed by atoms with van der Waals surface area (Å²) in [6.45, 7) is 14.8. The minimum atomic E-state index is -1.00. The minimum absolute atomic E-state index is 0.272. The smallest absolute Gasteiger partial charge is 0.408 e. The number of alkyl carbamates (subject to hydrolysis) is 1. The molecule has 0 aliphatic rings. The highest BCUT2D eigenvalue weighted by Gasteiger charge is 2.38. The lowest BCUT2D eigenvalue weighted by atomic mass is 9.94. The monoisotopic (exact) mass is 533 g/mol. The van der Waals surface area contributed by atoms with Gasteiger partial charge in [0, 0.05) is 6.54 Å². The molecule has 0 spiro atoms. The van der Waals surface area contributed by atoms with Gasteiger partial charge in [-0.3, -0.25) is 14.4 Å². The summed E-state index contributed by atoms with van der Waals surface area (Å²) in [7, 11) is 1.25. The van der Waals surface area contributed by atoms with E-state index in [1.807, 2.05) is 45.9 Å². The summed E-state index contributed by atoms with van der Waals surface area (Å²) < 4.78 is 10.1. The molecule has 9 nitrogen and oxygen atoms in total. The zero-order chi connectivity index (χ0) is 29.0. The average Bonchev–Trinajstić information content (AvgIpc) is 2.81. The van der Waals surface area contributed by atoms with Crippen LogP contribution in [0.1, 0.15) is 90.0 Å². The number of hydrogen-bond donors (Lipinski definition) is 2. The Hall–Kier alpha value is -3.10. The molecule has 0 bridgehead atoms. The third-order valence-corrected chi connectivity index (χ3v) is 6.06. The van der Waals surface area contributed by atoms with Gasteiger partial charge >= 0.3 is 12.1 Å². The maximum atomic E-state index is 14.1. The third-order valence-electron chi connectivity index (χ3n) is 6.06. The Balaban J connectivity index is 3.53. The molecule has 214 valence electrons. The Bertz CT molecular complexity index is 954. The van der Waals surface area contributed by atoms with Crippen LogP contribution in [-0.2, 0) is 23.9 Å². The van der Waals surface area contributed by atoms with Crippen molar-refractivity contribution in [2.45, 2.75) is 98.8 Å². The number of methoxy groups -OCH3 is 1. The molecule has 0 aliphatic carbocycles. The Kier molecular flexibility index (Phi) is 13.3. The number of unbranched alkanes of at least 4 members (excludes halogenated alkanes) is 3. The van der Waals surface area contributed by atoms with E-state index in [-0.39, 0.29) is 18.4 Å². The number of rotatable bonds is 13. The predicted molar refractivity (Wildman–Crippen MR) is 148 cm³/mol. The number of carbonyl (C=O) groups is 4. The highest BCUT2D eigenvalue weighted by Crippen LogP contribution is 2.28. The minimum Gasteiger partial charge on any atom is -0.468 e. The first-order valence-electron chi connectivity index (χ1n) is 13.4. The molecule has 1 aromatic rings. The van der Waals surface area contributed by atoms with Crippen LogP contribution < -0.4 is 10.6 Å². The second-order valence-corrected chi connectivity index (χ2v) is 11.0. The summed E-state index contributed by atoms with van der Waals surface area (Å²) in [5.74, 6) is -1.75. The second-order valence-electron chi connectivity index (χ2n) is 11.0. The zero-order valence-corrected chi connectivity index (χ0v) is 24.6. The van der Waals surface area contributed by atoms with E-state index in [1.165, 1.54) is 12.0 Å².